The summed E-state index contributed by atoms with van der Waals surface area (Å²) < 4.78 is 13.0. The molecule has 2 heterocycles. The molecule has 1 aliphatic heterocycles. The Morgan fingerprint density at radius 3 is 3.06 bits per heavy atom. The van der Waals surface area contributed by atoms with Gasteiger partial charge in [-0.05, 0) is 25.3 Å². The number of pyridine rings is 1. The average Bonchev–Trinajstić information content (AvgIpc) is 2.38. The van der Waals surface area contributed by atoms with Gasteiger partial charge in [-0.1, -0.05) is 0 Å². The van der Waals surface area contributed by atoms with Crippen LogP contribution in [-0.2, 0) is 0 Å². The van der Waals surface area contributed by atoms with Crippen LogP contribution in [0.3, 0.4) is 0 Å². The first-order chi connectivity index (χ1) is 8.22. The van der Waals surface area contributed by atoms with Gasteiger partial charge >= 0.3 is 0 Å². The number of nitrogens with zero attached hydrogens (tertiary/aromatic N) is 2. The van der Waals surface area contributed by atoms with E-state index in [4.69, 9.17) is 5.73 Å². The first kappa shape index (κ1) is 12.0. The molecule has 2 rings (SSSR count). The number of carbonyl (C=O) groups excluding carboxylic acids is 1. The van der Waals surface area contributed by atoms with Crippen molar-refractivity contribution in [1.29, 1.82) is 0 Å². The fourth-order valence-electron chi connectivity index (χ4n) is 2.21. The second kappa shape index (κ2) is 5.23. The molecule has 1 unspecified atom stereocenters. The van der Waals surface area contributed by atoms with Gasteiger partial charge < -0.3 is 10.6 Å². The molecule has 2 N–H and O–H groups in total. The maximum absolute atomic E-state index is 13.0. The predicted octanol–water partition coefficient (Wildman–Crippen LogP) is 1.17. The smallest absolute Gasteiger partial charge is 0.255 e. The molecule has 1 amide bonds. The molecule has 0 aromatic carbocycles. The van der Waals surface area contributed by atoms with Crippen LogP contribution in [-0.4, -0.2) is 34.9 Å². The van der Waals surface area contributed by atoms with Crippen LogP contribution in [0.25, 0.3) is 0 Å². The van der Waals surface area contributed by atoms with Gasteiger partial charge in [-0.25, -0.2) is 4.39 Å². The van der Waals surface area contributed by atoms with E-state index in [2.05, 4.69) is 4.98 Å². The monoisotopic (exact) mass is 237 g/mol. The minimum atomic E-state index is -0.489. The Bertz CT molecular complexity index is 410. The molecule has 1 saturated heterocycles. The molecular weight excluding hydrogens is 221 g/mol. The van der Waals surface area contributed by atoms with E-state index in [-0.39, 0.29) is 11.9 Å². The van der Waals surface area contributed by atoms with Crippen LogP contribution in [0.5, 0.6) is 0 Å². The number of aromatic nitrogens is 1. The predicted molar refractivity (Wildman–Crippen MR) is 61.9 cm³/mol. The van der Waals surface area contributed by atoms with Crippen LogP contribution in [0, 0.1) is 5.82 Å². The fraction of sp³-hybridized carbons (Fsp3) is 0.500. The number of hydrogen-bond donors (Lipinski definition) is 1. The highest BCUT2D eigenvalue weighted by atomic mass is 19.1. The summed E-state index contributed by atoms with van der Waals surface area (Å²) in [5, 5.41) is 0. The molecule has 0 saturated carbocycles. The van der Waals surface area contributed by atoms with E-state index in [0.717, 1.165) is 25.5 Å². The van der Waals surface area contributed by atoms with Crippen molar-refractivity contribution in [3.8, 4) is 0 Å². The minimum absolute atomic E-state index is 0.0690. The summed E-state index contributed by atoms with van der Waals surface area (Å²) in [6.45, 7) is 1.14. The lowest BCUT2D eigenvalue weighted by Crippen LogP contribution is -2.47. The van der Waals surface area contributed by atoms with Crippen molar-refractivity contribution in [3.63, 3.8) is 0 Å². The lowest BCUT2D eigenvalue weighted by Gasteiger charge is -2.35. The highest BCUT2D eigenvalue weighted by molar-refractivity contribution is 5.94. The van der Waals surface area contributed by atoms with Gasteiger partial charge in [0, 0.05) is 25.3 Å². The third-order valence-electron chi connectivity index (χ3n) is 3.11. The van der Waals surface area contributed by atoms with Gasteiger partial charge in [0.05, 0.1) is 11.8 Å². The Morgan fingerprint density at radius 2 is 2.35 bits per heavy atom. The SMILES string of the molecule is NCC1CCCCN1C(=O)c1cncc(F)c1. The molecule has 1 aromatic heterocycles. The zero-order valence-corrected chi connectivity index (χ0v) is 9.60. The number of nitrogens with two attached hydrogens (primary N) is 1. The number of carbonyl (C=O) groups is 1. The zero-order chi connectivity index (χ0) is 12.3. The van der Waals surface area contributed by atoms with Crippen molar-refractivity contribution >= 4 is 5.91 Å². The lowest BCUT2D eigenvalue weighted by atomic mass is 10.0. The summed E-state index contributed by atoms with van der Waals surface area (Å²) in [7, 11) is 0. The zero-order valence-electron chi connectivity index (χ0n) is 9.60. The first-order valence-corrected chi connectivity index (χ1v) is 5.84. The van der Waals surface area contributed by atoms with E-state index in [1.54, 1.807) is 4.90 Å². The van der Waals surface area contributed by atoms with Gasteiger partial charge in [-0.2, -0.15) is 0 Å². The maximum Gasteiger partial charge on any atom is 0.255 e. The van der Waals surface area contributed by atoms with Crippen molar-refractivity contribution < 1.29 is 9.18 Å². The normalized spacial score (nSPS) is 20.4. The average molecular weight is 237 g/mol. The maximum atomic E-state index is 13.0. The van der Waals surface area contributed by atoms with E-state index in [1.807, 2.05) is 0 Å². The highest BCUT2D eigenvalue weighted by Gasteiger charge is 2.26. The van der Waals surface area contributed by atoms with E-state index in [0.29, 0.717) is 18.7 Å². The quantitative estimate of drug-likeness (QED) is 0.840. The van der Waals surface area contributed by atoms with Crippen LogP contribution >= 0.6 is 0 Å². The standard InChI is InChI=1S/C12H16FN3O/c13-10-5-9(7-15-8-10)12(17)16-4-2-1-3-11(16)6-14/h5,7-8,11H,1-4,6,14H2. The number of halogens is 1. The van der Waals surface area contributed by atoms with Crippen LogP contribution < -0.4 is 5.73 Å². The van der Waals surface area contributed by atoms with Crippen LogP contribution in [0.2, 0.25) is 0 Å². The van der Waals surface area contributed by atoms with Crippen LogP contribution in [0.1, 0.15) is 29.6 Å². The molecule has 92 valence electrons. The molecule has 1 atom stereocenters. The summed E-state index contributed by atoms with van der Waals surface area (Å²) in [4.78, 5) is 17.6. The molecule has 0 spiro atoms. The van der Waals surface area contributed by atoms with Gasteiger partial charge in [-0.15, -0.1) is 0 Å². The summed E-state index contributed by atoms with van der Waals surface area (Å²) in [6.07, 6.45) is 5.48. The van der Waals surface area contributed by atoms with Crippen LogP contribution in [0.15, 0.2) is 18.5 Å². The molecule has 1 aromatic rings. The second-order valence-electron chi connectivity index (χ2n) is 4.28. The number of rotatable bonds is 2. The summed E-state index contributed by atoms with van der Waals surface area (Å²) in [5.41, 5.74) is 5.95. The van der Waals surface area contributed by atoms with Gasteiger partial charge in [0.2, 0.25) is 0 Å². The lowest BCUT2D eigenvalue weighted by molar-refractivity contribution is 0.0622. The molecule has 0 aliphatic carbocycles. The molecule has 0 radical (unpaired) electrons. The number of hydrogen-bond acceptors (Lipinski definition) is 3. The van der Waals surface area contributed by atoms with E-state index in [9.17, 15) is 9.18 Å². The minimum Gasteiger partial charge on any atom is -0.334 e. The van der Waals surface area contributed by atoms with Crippen molar-refractivity contribution in [2.45, 2.75) is 25.3 Å². The van der Waals surface area contributed by atoms with Crippen LogP contribution in [0.4, 0.5) is 4.39 Å². The first-order valence-electron chi connectivity index (χ1n) is 5.84. The molecule has 4 nitrogen and oxygen atoms in total. The Balaban J connectivity index is 2.18. The molecule has 1 aliphatic rings. The Morgan fingerprint density at radius 1 is 1.53 bits per heavy atom. The van der Waals surface area contributed by atoms with Gasteiger partial charge in [0.25, 0.3) is 5.91 Å². The molecule has 1 fully saturated rings. The van der Waals surface area contributed by atoms with E-state index >= 15 is 0 Å². The van der Waals surface area contributed by atoms with Gasteiger partial charge in [-0.3, -0.25) is 9.78 Å². The number of amides is 1. The Hall–Kier alpha value is -1.49. The third kappa shape index (κ3) is 2.61. The number of likely N-dealkylation sites (tertiary alicyclic amines) is 1. The number of piperidine rings is 1. The molecule has 5 heteroatoms. The van der Waals surface area contributed by atoms with E-state index in [1.165, 1.54) is 12.3 Å². The van der Waals surface area contributed by atoms with Crippen molar-refractivity contribution in [3.05, 3.63) is 29.8 Å². The van der Waals surface area contributed by atoms with Crippen molar-refractivity contribution in [2.75, 3.05) is 13.1 Å². The van der Waals surface area contributed by atoms with Crippen molar-refractivity contribution in [1.82, 2.24) is 9.88 Å². The topological polar surface area (TPSA) is 59.2 Å². The Kier molecular flexibility index (Phi) is 3.68. The van der Waals surface area contributed by atoms with Gasteiger partial charge in [0.15, 0.2) is 0 Å². The van der Waals surface area contributed by atoms with Gasteiger partial charge in [0.1, 0.15) is 5.82 Å². The second-order valence-corrected chi connectivity index (χ2v) is 4.28. The van der Waals surface area contributed by atoms with E-state index < -0.39 is 5.82 Å². The molecule has 17 heavy (non-hydrogen) atoms. The highest BCUT2D eigenvalue weighted by Crippen LogP contribution is 2.18. The largest absolute Gasteiger partial charge is 0.334 e. The molecule has 0 bridgehead atoms. The summed E-state index contributed by atoms with van der Waals surface area (Å²) in [6, 6.07) is 1.29. The third-order valence-corrected chi connectivity index (χ3v) is 3.11. The Labute approximate surface area is 99.6 Å². The molecular formula is C12H16FN3O. The summed E-state index contributed by atoms with van der Waals surface area (Å²) >= 11 is 0. The van der Waals surface area contributed by atoms with Crippen molar-refractivity contribution in [2.24, 2.45) is 5.73 Å². The fourth-order valence-corrected chi connectivity index (χ4v) is 2.21. The summed E-state index contributed by atoms with van der Waals surface area (Å²) in [5.74, 6) is -0.663.